The van der Waals surface area contributed by atoms with E-state index < -0.39 is 5.54 Å². The van der Waals surface area contributed by atoms with E-state index >= 15 is 0 Å². The van der Waals surface area contributed by atoms with Gasteiger partial charge in [0.15, 0.2) is 0 Å². The molecule has 1 saturated carbocycles. The van der Waals surface area contributed by atoms with Gasteiger partial charge in [-0.25, -0.2) is 0 Å². The largest absolute Gasteiger partial charge is 0.351 e. The number of nitrogens with one attached hydrogen (secondary N) is 2. The molecule has 2 rings (SSSR count). The van der Waals surface area contributed by atoms with Crippen LogP contribution in [0, 0.1) is 0 Å². The Labute approximate surface area is 130 Å². The van der Waals surface area contributed by atoms with Crippen LogP contribution < -0.4 is 10.6 Å². The van der Waals surface area contributed by atoms with E-state index in [2.05, 4.69) is 10.6 Å². The maximum absolute atomic E-state index is 12.4. The highest BCUT2D eigenvalue weighted by Gasteiger charge is 2.31. The fourth-order valence-electron chi connectivity index (χ4n) is 2.60. The van der Waals surface area contributed by atoms with Crippen molar-refractivity contribution >= 4 is 23.2 Å². The second kappa shape index (κ2) is 7.07. The Balaban J connectivity index is 1.91. The van der Waals surface area contributed by atoms with Crippen molar-refractivity contribution in [2.75, 3.05) is 0 Å². The number of amides is 2. The summed E-state index contributed by atoms with van der Waals surface area (Å²) in [5, 5.41) is 7.78. The number of hydrogen-bond acceptors (Lipinski definition) is 3. The van der Waals surface area contributed by atoms with Crippen molar-refractivity contribution in [3.63, 3.8) is 0 Å². The van der Waals surface area contributed by atoms with Gasteiger partial charge < -0.3 is 10.6 Å². The Bertz CT molecular complexity index is 474. The average molecular weight is 308 g/mol. The van der Waals surface area contributed by atoms with E-state index in [1.807, 2.05) is 11.4 Å². The molecule has 1 aliphatic carbocycles. The second-order valence-corrected chi connectivity index (χ2v) is 7.17. The highest BCUT2D eigenvalue weighted by atomic mass is 32.1. The van der Waals surface area contributed by atoms with Gasteiger partial charge in [0.25, 0.3) is 5.91 Å². The second-order valence-electron chi connectivity index (χ2n) is 6.22. The molecule has 0 atom stereocenters. The van der Waals surface area contributed by atoms with Crippen LogP contribution in [0.2, 0.25) is 0 Å². The zero-order valence-electron chi connectivity index (χ0n) is 12.8. The summed E-state index contributed by atoms with van der Waals surface area (Å²) < 4.78 is 0. The lowest BCUT2D eigenvalue weighted by atomic mass is 10.0. The normalized spacial score (nSPS) is 17.0. The summed E-state index contributed by atoms with van der Waals surface area (Å²) in [6.07, 6.45) is 6.94. The smallest absolute Gasteiger partial charge is 0.262 e. The average Bonchev–Trinajstić information content (AvgIpc) is 2.85. The number of carbonyl (C=O) groups excluding carboxylic acids is 2. The fourth-order valence-corrected chi connectivity index (χ4v) is 3.22. The van der Waals surface area contributed by atoms with Gasteiger partial charge in [0.2, 0.25) is 5.91 Å². The zero-order chi connectivity index (χ0) is 15.3. The van der Waals surface area contributed by atoms with E-state index in [-0.39, 0.29) is 17.9 Å². The third kappa shape index (κ3) is 4.56. The predicted octanol–water partition coefficient (Wildman–Crippen LogP) is 3.10. The first-order valence-electron chi connectivity index (χ1n) is 7.66. The Kier molecular flexibility index (Phi) is 5.39. The topological polar surface area (TPSA) is 58.2 Å². The van der Waals surface area contributed by atoms with Crippen LogP contribution in [-0.2, 0) is 4.79 Å². The number of carbonyl (C=O) groups is 2. The summed E-state index contributed by atoms with van der Waals surface area (Å²) in [4.78, 5) is 25.2. The summed E-state index contributed by atoms with van der Waals surface area (Å²) in [7, 11) is 0. The molecule has 1 aliphatic rings. The molecule has 2 amide bonds. The van der Waals surface area contributed by atoms with Crippen molar-refractivity contribution in [2.45, 2.75) is 64.0 Å². The van der Waals surface area contributed by atoms with Crippen LogP contribution in [0.3, 0.4) is 0 Å². The third-order valence-corrected chi connectivity index (χ3v) is 4.80. The lowest BCUT2D eigenvalue weighted by Gasteiger charge is -2.28. The third-order valence-electron chi connectivity index (χ3n) is 3.93. The van der Waals surface area contributed by atoms with Crippen molar-refractivity contribution in [2.24, 2.45) is 0 Å². The quantitative estimate of drug-likeness (QED) is 0.840. The molecule has 1 fully saturated rings. The Morgan fingerprint density at radius 3 is 2.43 bits per heavy atom. The van der Waals surface area contributed by atoms with Gasteiger partial charge in [-0.15, -0.1) is 11.3 Å². The number of rotatable bonds is 4. The fraction of sp³-hybridized carbons (Fsp3) is 0.625. The summed E-state index contributed by atoms with van der Waals surface area (Å²) in [5.41, 5.74) is -0.895. The monoisotopic (exact) mass is 308 g/mol. The van der Waals surface area contributed by atoms with Crippen molar-refractivity contribution in [1.82, 2.24) is 10.6 Å². The molecule has 0 radical (unpaired) electrons. The first kappa shape index (κ1) is 16.0. The van der Waals surface area contributed by atoms with E-state index in [1.54, 1.807) is 19.9 Å². The maximum Gasteiger partial charge on any atom is 0.262 e. The van der Waals surface area contributed by atoms with E-state index in [0.717, 1.165) is 12.8 Å². The van der Waals surface area contributed by atoms with Gasteiger partial charge in [0.1, 0.15) is 5.54 Å². The summed E-state index contributed by atoms with van der Waals surface area (Å²) in [6, 6.07) is 3.84. The van der Waals surface area contributed by atoms with E-state index in [1.165, 1.54) is 37.0 Å². The number of thiophene rings is 1. The Morgan fingerprint density at radius 2 is 1.86 bits per heavy atom. The molecular weight excluding hydrogens is 284 g/mol. The minimum atomic E-state index is -0.895. The van der Waals surface area contributed by atoms with Crippen molar-refractivity contribution in [1.29, 1.82) is 0 Å². The first-order chi connectivity index (χ1) is 9.99. The van der Waals surface area contributed by atoms with Crippen LogP contribution in [0.1, 0.15) is 62.0 Å². The minimum Gasteiger partial charge on any atom is -0.351 e. The molecule has 0 aromatic carbocycles. The molecule has 0 aliphatic heterocycles. The highest BCUT2D eigenvalue weighted by molar-refractivity contribution is 7.12. The standard InChI is InChI=1S/C16H24N2O2S/c1-16(2,18-14(19)13-10-7-11-21-13)15(20)17-12-8-5-3-4-6-9-12/h7,10-12H,3-6,8-9H2,1-2H3,(H,17,20)(H,18,19). The Hall–Kier alpha value is -1.36. The molecule has 0 spiro atoms. The van der Waals surface area contributed by atoms with Gasteiger partial charge in [-0.05, 0) is 38.1 Å². The van der Waals surface area contributed by atoms with E-state index in [4.69, 9.17) is 0 Å². The first-order valence-corrected chi connectivity index (χ1v) is 8.54. The van der Waals surface area contributed by atoms with Crippen LogP contribution in [0.5, 0.6) is 0 Å². The molecule has 2 N–H and O–H groups in total. The molecule has 1 heterocycles. The lowest BCUT2D eigenvalue weighted by molar-refractivity contribution is -0.127. The van der Waals surface area contributed by atoms with Gasteiger partial charge in [-0.2, -0.15) is 0 Å². The van der Waals surface area contributed by atoms with Crippen LogP contribution >= 0.6 is 11.3 Å². The van der Waals surface area contributed by atoms with Crippen LogP contribution in [0.15, 0.2) is 17.5 Å². The van der Waals surface area contributed by atoms with Gasteiger partial charge >= 0.3 is 0 Å². The van der Waals surface area contributed by atoms with Crippen LogP contribution in [-0.4, -0.2) is 23.4 Å². The van der Waals surface area contributed by atoms with E-state index in [9.17, 15) is 9.59 Å². The molecule has 21 heavy (non-hydrogen) atoms. The van der Waals surface area contributed by atoms with Crippen molar-refractivity contribution in [3.05, 3.63) is 22.4 Å². The summed E-state index contributed by atoms with van der Waals surface area (Å²) >= 11 is 1.38. The van der Waals surface area contributed by atoms with Gasteiger partial charge in [-0.3, -0.25) is 9.59 Å². The molecule has 1 aromatic rings. The molecule has 5 heteroatoms. The molecular formula is C16H24N2O2S. The lowest BCUT2D eigenvalue weighted by Crippen LogP contribution is -2.56. The summed E-state index contributed by atoms with van der Waals surface area (Å²) in [6.45, 7) is 3.51. The van der Waals surface area contributed by atoms with Crippen LogP contribution in [0.25, 0.3) is 0 Å². The molecule has 1 aromatic heterocycles. The Morgan fingerprint density at radius 1 is 1.19 bits per heavy atom. The molecule has 0 bridgehead atoms. The molecule has 4 nitrogen and oxygen atoms in total. The van der Waals surface area contributed by atoms with Gasteiger partial charge in [0, 0.05) is 6.04 Å². The molecule has 0 saturated heterocycles. The highest BCUT2D eigenvalue weighted by Crippen LogP contribution is 2.18. The zero-order valence-corrected chi connectivity index (χ0v) is 13.6. The van der Waals surface area contributed by atoms with Gasteiger partial charge in [0.05, 0.1) is 4.88 Å². The SMILES string of the molecule is CC(C)(NC(=O)c1cccs1)C(=O)NC1CCCCCC1. The summed E-state index contributed by atoms with van der Waals surface area (Å²) in [5.74, 6) is -0.287. The predicted molar refractivity (Wildman–Crippen MR) is 85.5 cm³/mol. The van der Waals surface area contributed by atoms with Crippen LogP contribution in [0.4, 0.5) is 0 Å². The number of hydrogen-bond donors (Lipinski definition) is 2. The van der Waals surface area contributed by atoms with Crippen molar-refractivity contribution in [3.8, 4) is 0 Å². The molecule has 116 valence electrons. The molecule has 0 unspecified atom stereocenters. The van der Waals surface area contributed by atoms with Gasteiger partial charge in [-0.1, -0.05) is 31.7 Å². The van der Waals surface area contributed by atoms with Crippen molar-refractivity contribution < 1.29 is 9.59 Å². The maximum atomic E-state index is 12.4. The van der Waals surface area contributed by atoms with E-state index in [0.29, 0.717) is 4.88 Å². The minimum absolute atomic E-state index is 0.0979.